The topological polar surface area (TPSA) is 67.2 Å². The lowest BCUT2D eigenvalue weighted by Gasteiger charge is -2.44. The molecule has 114 valence electrons. The normalized spacial score (nSPS) is 29.6. The van der Waals surface area contributed by atoms with Crippen LogP contribution in [0, 0.1) is 5.92 Å². The minimum absolute atomic E-state index is 0.0213. The number of aromatic nitrogens is 2. The molecular formula is C15H22N4O2. The van der Waals surface area contributed by atoms with Crippen LogP contribution in [-0.4, -0.2) is 44.6 Å². The molecule has 1 aliphatic heterocycles. The van der Waals surface area contributed by atoms with Crippen LogP contribution < -0.4 is 5.32 Å². The van der Waals surface area contributed by atoms with Crippen LogP contribution >= 0.6 is 0 Å². The minimum Gasteiger partial charge on any atom is -0.340 e. The maximum atomic E-state index is 12.9. The van der Waals surface area contributed by atoms with E-state index in [9.17, 15) is 9.59 Å². The highest BCUT2D eigenvalue weighted by molar-refractivity contribution is 6.00. The third-order valence-electron chi connectivity index (χ3n) is 4.68. The molecule has 0 spiro atoms. The van der Waals surface area contributed by atoms with Gasteiger partial charge in [0.2, 0.25) is 11.8 Å². The second-order valence-corrected chi connectivity index (χ2v) is 6.16. The molecule has 21 heavy (non-hydrogen) atoms. The highest BCUT2D eigenvalue weighted by atomic mass is 16.2. The van der Waals surface area contributed by atoms with Crippen LogP contribution in [0.5, 0.6) is 0 Å². The van der Waals surface area contributed by atoms with Gasteiger partial charge in [-0.15, -0.1) is 0 Å². The van der Waals surface area contributed by atoms with Crippen molar-refractivity contribution >= 4 is 11.8 Å². The lowest BCUT2D eigenvalue weighted by molar-refractivity contribution is -0.155. The molecule has 1 aromatic heterocycles. The summed E-state index contributed by atoms with van der Waals surface area (Å²) in [4.78, 5) is 27.0. The Kier molecular flexibility index (Phi) is 3.47. The Bertz CT molecular complexity index is 538. The SMILES string of the molecule is CCC1C(=O)NC(C)(C2CC2)C(=O)N1CCn1cccn1. The Balaban J connectivity index is 1.79. The summed E-state index contributed by atoms with van der Waals surface area (Å²) in [6.07, 6.45) is 6.27. The molecule has 0 aromatic carbocycles. The molecular weight excluding hydrogens is 268 g/mol. The molecule has 0 bridgehead atoms. The van der Waals surface area contributed by atoms with Crippen LogP contribution in [0.25, 0.3) is 0 Å². The molecule has 0 radical (unpaired) electrons. The van der Waals surface area contributed by atoms with Crippen LogP contribution in [0.15, 0.2) is 18.5 Å². The highest BCUT2D eigenvalue weighted by Gasteiger charge is 2.54. The molecule has 2 heterocycles. The summed E-state index contributed by atoms with van der Waals surface area (Å²) < 4.78 is 1.79. The molecule has 2 fully saturated rings. The summed E-state index contributed by atoms with van der Waals surface area (Å²) in [5.74, 6) is 0.328. The number of hydrogen-bond acceptors (Lipinski definition) is 3. The van der Waals surface area contributed by atoms with Crippen molar-refractivity contribution in [2.75, 3.05) is 6.54 Å². The van der Waals surface area contributed by atoms with E-state index in [-0.39, 0.29) is 17.9 Å². The van der Waals surface area contributed by atoms with Crippen molar-refractivity contribution in [2.45, 2.75) is 51.2 Å². The number of amides is 2. The van der Waals surface area contributed by atoms with Gasteiger partial charge in [0, 0.05) is 18.9 Å². The van der Waals surface area contributed by atoms with Crippen molar-refractivity contribution in [1.29, 1.82) is 0 Å². The second-order valence-electron chi connectivity index (χ2n) is 6.16. The quantitative estimate of drug-likeness (QED) is 0.872. The van der Waals surface area contributed by atoms with Gasteiger partial charge < -0.3 is 10.2 Å². The maximum absolute atomic E-state index is 12.9. The van der Waals surface area contributed by atoms with Gasteiger partial charge in [-0.1, -0.05) is 6.92 Å². The van der Waals surface area contributed by atoms with Crippen molar-refractivity contribution in [3.05, 3.63) is 18.5 Å². The van der Waals surface area contributed by atoms with E-state index in [1.54, 1.807) is 15.8 Å². The van der Waals surface area contributed by atoms with Gasteiger partial charge in [0.25, 0.3) is 0 Å². The first-order valence-electron chi connectivity index (χ1n) is 7.66. The molecule has 3 rings (SSSR count). The molecule has 1 aromatic rings. The zero-order valence-electron chi connectivity index (χ0n) is 12.6. The number of piperazine rings is 1. The molecule has 1 aliphatic carbocycles. The Hall–Kier alpha value is -1.85. The third kappa shape index (κ3) is 2.43. The van der Waals surface area contributed by atoms with Crippen molar-refractivity contribution < 1.29 is 9.59 Å². The lowest BCUT2D eigenvalue weighted by Crippen LogP contribution is -2.70. The monoisotopic (exact) mass is 290 g/mol. The summed E-state index contributed by atoms with van der Waals surface area (Å²) >= 11 is 0. The van der Waals surface area contributed by atoms with E-state index in [0.717, 1.165) is 12.8 Å². The van der Waals surface area contributed by atoms with E-state index in [1.807, 2.05) is 26.1 Å². The Morgan fingerprint density at radius 2 is 2.14 bits per heavy atom. The van der Waals surface area contributed by atoms with E-state index < -0.39 is 5.54 Å². The fourth-order valence-corrected chi connectivity index (χ4v) is 3.22. The van der Waals surface area contributed by atoms with Crippen LogP contribution in [0.4, 0.5) is 0 Å². The number of carbonyl (C=O) groups is 2. The molecule has 2 aliphatic rings. The molecule has 2 unspecified atom stereocenters. The highest BCUT2D eigenvalue weighted by Crippen LogP contribution is 2.42. The Morgan fingerprint density at radius 1 is 1.38 bits per heavy atom. The lowest BCUT2D eigenvalue weighted by atomic mass is 9.89. The standard InChI is InChI=1S/C15H22N4O2/c1-3-12-13(20)17-15(2,11-5-6-11)14(21)19(12)10-9-18-8-4-7-16-18/h4,7-8,11-12H,3,5-6,9-10H2,1-2H3,(H,17,20). The average molecular weight is 290 g/mol. The molecule has 2 atom stereocenters. The van der Waals surface area contributed by atoms with Crippen LogP contribution in [0.3, 0.4) is 0 Å². The van der Waals surface area contributed by atoms with Crippen LogP contribution in [0.2, 0.25) is 0 Å². The summed E-state index contributed by atoms with van der Waals surface area (Å²) in [6, 6.07) is 1.50. The van der Waals surface area contributed by atoms with E-state index in [1.165, 1.54) is 0 Å². The summed E-state index contributed by atoms with van der Waals surface area (Å²) in [7, 11) is 0. The Morgan fingerprint density at radius 3 is 2.71 bits per heavy atom. The van der Waals surface area contributed by atoms with E-state index in [2.05, 4.69) is 10.4 Å². The van der Waals surface area contributed by atoms with E-state index in [4.69, 9.17) is 0 Å². The number of carbonyl (C=O) groups excluding carboxylic acids is 2. The molecule has 1 saturated heterocycles. The predicted octanol–water partition coefficient (Wildman–Crippen LogP) is 0.789. The first-order valence-corrected chi connectivity index (χ1v) is 7.66. The average Bonchev–Trinajstić information content (AvgIpc) is 3.20. The smallest absolute Gasteiger partial charge is 0.249 e. The van der Waals surface area contributed by atoms with Crippen molar-refractivity contribution in [2.24, 2.45) is 5.92 Å². The molecule has 6 nitrogen and oxygen atoms in total. The van der Waals surface area contributed by atoms with Gasteiger partial charge in [-0.2, -0.15) is 5.10 Å². The maximum Gasteiger partial charge on any atom is 0.249 e. The van der Waals surface area contributed by atoms with E-state index in [0.29, 0.717) is 25.4 Å². The van der Waals surface area contributed by atoms with E-state index >= 15 is 0 Å². The van der Waals surface area contributed by atoms with Crippen molar-refractivity contribution in [1.82, 2.24) is 20.0 Å². The predicted molar refractivity (Wildman–Crippen MR) is 77.3 cm³/mol. The van der Waals surface area contributed by atoms with Crippen LogP contribution in [0.1, 0.15) is 33.1 Å². The summed E-state index contributed by atoms with van der Waals surface area (Å²) in [6.45, 7) is 4.95. The zero-order valence-corrected chi connectivity index (χ0v) is 12.6. The fraction of sp³-hybridized carbons (Fsp3) is 0.667. The zero-order chi connectivity index (χ0) is 15.0. The summed E-state index contributed by atoms with van der Waals surface area (Å²) in [5.41, 5.74) is -0.715. The minimum atomic E-state index is -0.715. The van der Waals surface area contributed by atoms with Gasteiger partial charge in [0.15, 0.2) is 0 Å². The fourth-order valence-electron chi connectivity index (χ4n) is 3.22. The number of nitrogens with one attached hydrogen (secondary N) is 1. The van der Waals surface area contributed by atoms with Crippen molar-refractivity contribution in [3.63, 3.8) is 0 Å². The largest absolute Gasteiger partial charge is 0.340 e. The second kappa shape index (κ2) is 5.16. The Labute approximate surface area is 124 Å². The molecule has 2 amide bonds. The summed E-state index contributed by atoms with van der Waals surface area (Å²) in [5, 5.41) is 7.13. The van der Waals surface area contributed by atoms with Gasteiger partial charge >= 0.3 is 0 Å². The number of hydrogen-bond donors (Lipinski definition) is 1. The van der Waals surface area contributed by atoms with Gasteiger partial charge in [0.05, 0.1) is 6.54 Å². The third-order valence-corrected chi connectivity index (χ3v) is 4.68. The van der Waals surface area contributed by atoms with Crippen LogP contribution in [-0.2, 0) is 16.1 Å². The first-order chi connectivity index (χ1) is 10.1. The molecule has 6 heteroatoms. The molecule has 1 saturated carbocycles. The number of nitrogens with zero attached hydrogens (tertiary/aromatic N) is 3. The van der Waals surface area contributed by atoms with Crippen molar-refractivity contribution in [3.8, 4) is 0 Å². The molecule has 1 N–H and O–H groups in total. The van der Waals surface area contributed by atoms with Gasteiger partial charge in [-0.25, -0.2) is 0 Å². The number of rotatable bonds is 5. The van der Waals surface area contributed by atoms with Gasteiger partial charge in [0.1, 0.15) is 11.6 Å². The van der Waals surface area contributed by atoms with Gasteiger partial charge in [-0.3, -0.25) is 14.3 Å². The van der Waals surface area contributed by atoms with Gasteiger partial charge in [-0.05, 0) is 38.2 Å². The first kappa shape index (κ1) is 14.1.